The fourth-order valence-corrected chi connectivity index (χ4v) is 1.64. The summed E-state index contributed by atoms with van der Waals surface area (Å²) in [7, 11) is 1.81. The molecule has 2 rings (SSSR count). The monoisotopic (exact) mass is 222 g/mol. The molecule has 2 N–H and O–H groups in total. The quantitative estimate of drug-likeness (QED) is 0.749. The molecule has 2 aromatic rings. The Hall–Kier alpha value is -1.63. The standard InChI is InChI=1S/C8H10N6S/c1-9-7-3-10-6(2-11-7)4-15-8-12-5-13-14-8/h2-3,5H,4H2,1H3,(H,9,11)(H,12,13,14). The highest BCUT2D eigenvalue weighted by Crippen LogP contribution is 2.16. The van der Waals surface area contributed by atoms with Crippen molar-refractivity contribution in [1.29, 1.82) is 0 Å². The van der Waals surface area contributed by atoms with Gasteiger partial charge in [0.05, 0.1) is 18.1 Å². The van der Waals surface area contributed by atoms with E-state index in [0.717, 1.165) is 22.4 Å². The first-order chi connectivity index (χ1) is 7.38. The lowest BCUT2D eigenvalue weighted by Gasteiger charge is -2.00. The lowest BCUT2D eigenvalue weighted by atomic mass is 10.5. The van der Waals surface area contributed by atoms with E-state index in [1.165, 1.54) is 6.33 Å². The maximum absolute atomic E-state index is 4.24. The molecule has 0 aliphatic carbocycles. The summed E-state index contributed by atoms with van der Waals surface area (Å²) in [5.41, 5.74) is 0.912. The van der Waals surface area contributed by atoms with Crippen LogP contribution in [-0.2, 0) is 5.75 Å². The van der Waals surface area contributed by atoms with E-state index in [2.05, 4.69) is 30.5 Å². The molecule has 7 heteroatoms. The summed E-state index contributed by atoms with van der Waals surface area (Å²) in [4.78, 5) is 12.4. The first kappa shape index (κ1) is 9.91. The molecule has 0 aliphatic heterocycles. The zero-order valence-corrected chi connectivity index (χ0v) is 8.95. The third-order valence-corrected chi connectivity index (χ3v) is 2.62. The van der Waals surface area contributed by atoms with Crippen LogP contribution in [0.3, 0.4) is 0 Å². The molecule has 0 radical (unpaired) electrons. The van der Waals surface area contributed by atoms with Crippen LogP contribution in [0.25, 0.3) is 0 Å². The number of rotatable bonds is 4. The average Bonchev–Trinajstić information content (AvgIpc) is 2.80. The molecule has 6 nitrogen and oxygen atoms in total. The first-order valence-electron chi connectivity index (χ1n) is 4.35. The number of hydrogen-bond donors (Lipinski definition) is 2. The van der Waals surface area contributed by atoms with Gasteiger partial charge >= 0.3 is 0 Å². The van der Waals surface area contributed by atoms with E-state index in [1.54, 1.807) is 24.2 Å². The van der Waals surface area contributed by atoms with Gasteiger partial charge in [-0.25, -0.2) is 9.97 Å². The number of nitrogens with zero attached hydrogens (tertiary/aromatic N) is 4. The van der Waals surface area contributed by atoms with E-state index in [4.69, 9.17) is 0 Å². The van der Waals surface area contributed by atoms with Crippen molar-refractivity contribution in [1.82, 2.24) is 25.1 Å². The van der Waals surface area contributed by atoms with Crippen LogP contribution in [0.15, 0.2) is 23.9 Å². The minimum atomic E-state index is 0.728. The van der Waals surface area contributed by atoms with Crippen molar-refractivity contribution in [3.8, 4) is 0 Å². The number of aromatic nitrogens is 5. The summed E-state index contributed by atoms with van der Waals surface area (Å²) < 4.78 is 0. The molecule has 0 fully saturated rings. The molecule has 0 aromatic carbocycles. The second-order valence-electron chi connectivity index (χ2n) is 2.72. The van der Waals surface area contributed by atoms with Crippen LogP contribution in [0, 0.1) is 0 Å². The topological polar surface area (TPSA) is 79.4 Å². The molecule has 0 saturated carbocycles. The maximum atomic E-state index is 4.24. The Balaban J connectivity index is 1.93. The normalized spacial score (nSPS) is 10.2. The Bertz CT molecular complexity index is 398. The molecular weight excluding hydrogens is 212 g/mol. The Morgan fingerprint density at radius 3 is 2.87 bits per heavy atom. The largest absolute Gasteiger partial charge is 0.372 e. The summed E-state index contributed by atoms with van der Waals surface area (Å²) in [6, 6.07) is 0. The average molecular weight is 222 g/mol. The first-order valence-corrected chi connectivity index (χ1v) is 5.34. The van der Waals surface area contributed by atoms with Crippen molar-refractivity contribution < 1.29 is 0 Å². The summed E-state index contributed by atoms with van der Waals surface area (Å²) in [5, 5.41) is 10.2. The van der Waals surface area contributed by atoms with Crippen molar-refractivity contribution in [2.75, 3.05) is 12.4 Å². The lowest BCUT2D eigenvalue weighted by molar-refractivity contribution is 0.970. The highest BCUT2D eigenvalue weighted by molar-refractivity contribution is 7.98. The summed E-state index contributed by atoms with van der Waals surface area (Å²) in [6.07, 6.45) is 4.93. The minimum absolute atomic E-state index is 0.728. The van der Waals surface area contributed by atoms with Gasteiger partial charge in [-0.1, -0.05) is 11.8 Å². The fraction of sp³-hybridized carbons (Fsp3) is 0.250. The Labute approximate surface area is 90.9 Å². The van der Waals surface area contributed by atoms with Gasteiger partial charge in [0.2, 0.25) is 0 Å². The Morgan fingerprint density at radius 2 is 2.27 bits per heavy atom. The molecule has 15 heavy (non-hydrogen) atoms. The number of aromatic amines is 1. The summed E-state index contributed by atoms with van der Waals surface area (Å²) in [6.45, 7) is 0. The van der Waals surface area contributed by atoms with Crippen LogP contribution in [-0.4, -0.2) is 32.2 Å². The van der Waals surface area contributed by atoms with Crippen LogP contribution in [0.4, 0.5) is 5.82 Å². The van der Waals surface area contributed by atoms with Crippen LogP contribution in [0.5, 0.6) is 0 Å². The van der Waals surface area contributed by atoms with E-state index in [9.17, 15) is 0 Å². The van der Waals surface area contributed by atoms with E-state index < -0.39 is 0 Å². The number of anilines is 1. The van der Waals surface area contributed by atoms with E-state index in [1.807, 2.05) is 7.05 Å². The Kier molecular flexibility index (Phi) is 3.13. The number of thioether (sulfide) groups is 1. The predicted octanol–water partition coefficient (Wildman–Crippen LogP) is 0.929. The van der Waals surface area contributed by atoms with Crippen molar-refractivity contribution in [3.63, 3.8) is 0 Å². The van der Waals surface area contributed by atoms with Gasteiger partial charge in [-0.15, -0.1) is 0 Å². The fourth-order valence-electron chi connectivity index (χ4n) is 0.965. The minimum Gasteiger partial charge on any atom is -0.372 e. The van der Waals surface area contributed by atoms with Crippen molar-refractivity contribution in [2.45, 2.75) is 10.9 Å². The van der Waals surface area contributed by atoms with Crippen molar-refractivity contribution in [2.24, 2.45) is 0 Å². The molecular formula is C8H10N6S. The van der Waals surface area contributed by atoms with Crippen LogP contribution < -0.4 is 5.32 Å². The molecule has 2 aromatic heterocycles. The van der Waals surface area contributed by atoms with Crippen molar-refractivity contribution >= 4 is 17.6 Å². The van der Waals surface area contributed by atoms with Gasteiger partial charge in [0.1, 0.15) is 12.1 Å². The summed E-state index contributed by atoms with van der Waals surface area (Å²) in [5.74, 6) is 1.50. The molecule has 0 spiro atoms. The molecule has 78 valence electrons. The van der Waals surface area contributed by atoms with Gasteiger partial charge in [-0.05, 0) is 0 Å². The van der Waals surface area contributed by atoms with Gasteiger partial charge < -0.3 is 5.32 Å². The number of nitrogens with one attached hydrogen (secondary N) is 2. The molecule has 0 atom stereocenters. The van der Waals surface area contributed by atoms with Gasteiger partial charge in [-0.3, -0.25) is 10.1 Å². The van der Waals surface area contributed by atoms with E-state index >= 15 is 0 Å². The number of H-pyrrole nitrogens is 1. The molecule has 2 heterocycles. The van der Waals surface area contributed by atoms with E-state index in [0.29, 0.717) is 0 Å². The highest BCUT2D eigenvalue weighted by Gasteiger charge is 2.00. The highest BCUT2D eigenvalue weighted by atomic mass is 32.2. The Morgan fingerprint density at radius 1 is 1.33 bits per heavy atom. The molecule has 0 amide bonds. The molecule has 0 aliphatic rings. The van der Waals surface area contributed by atoms with Crippen molar-refractivity contribution in [3.05, 3.63) is 24.4 Å². The van der Waals surface area contributed by atoms with Gasteiger partial charge in [0, 0.05) is 12.8 Å². The third kappa shape index (κ3) is 2.66. The molecule has 0 unspecified atom stereocenters. The van der Waals surface area contributed by atoms with Crippen LogP contribution >= 0.6 is 11.8 Å². The predicted molar refractivity (Wildman–Crippen MR) is 57.5 cm³/mol. The maximum Gasteiger partial charge on any atom is 0.183 e. The van der Waals surface area contributed by atoms with E-state index in [-0.39, 0.29) is 0 Å². The number of hydrogen-bond acceptors (Lipinski definition) is 6. The SMILES string of the molecule is CNc1cnc(CSc2ncn[nH]2)cn1. The van der Waals surface area contributed by atoms with Gasteiger partial charge in [0.15, 0.2) is 5.16 Å². The second-order valence-corrected chi connectivity index (χ2v) is 3.69. The second kappa shape index (κ2) is 4.74. The van der Waals surface area contributed by atoms with Crippen LogP contribution in [0.2, 0.25) is 0 Å². The zero-order valence-electron chi connectivity index (χ0n) is 8.14. The zero-order chi connectivity index (χ0) is 10.5. The van der Waals surface area contributed by atoms with Gasteiger partial charge in [0.25, 0.3) is 0 Å². The van der Waals surface area contributed by atoms with Crippen LogP contribution in [0.1, 0.15) is 5.69 Å². The third-order valence-electron chi connectivity index (χ3n) is 1.71. The lowest BCUT2D eigenvalue weighted by Crippen LogP contribution is -1.95. The summed E-state index contributed by atoms with van der Waals surface area (Å²) >= 11 is 1.54. The molecule has 0 saturated heterocycles. The molecule has 0 bridgehead atoms. The smallest absolute Gasteiger partial charge is 0.183 e. The van der Waals surface area contributed by atoms with Gasteiger partial charge in [-0.2, -0.15) is 5.10 Å².